The van der Waals surface area contributed by atoms with Crippen molar-refractivity contribution < 1.29 is 18.7 Å². The molecule has 0 spiro atoms. The number of amides is 1. The minimum absolute atomic E-state index is 0.0506. The van der Waals surface area contributed by atoms with Gasteiger partial charge in [-0.15, -0.1) is 0 Å². The van der Waals surface area contributed by atoms with Gasteiger partial charge in [0.25, 0.3) is 5.91 Å². The highest BCUT2D eigenvalue weighted by Crippen LogP contribution is 2.34. The first-order chi connectivity index (χ1) is 15.3. The molecule has 1 aliphatic heterocycles. The summed E-state index contributed by atoms with van der Waals surface area (Å²) in [6.07, 6.45) is 5.95. The Morgan fingerprint density at radius 2 is 1.91 bits per heavy atom. The summed E-state index contributed by atoms with van der Waals surface area (Å²) < 4.78 is 30.6. The topological polar surface area (TPSA) is 63.7 Å². The molecule has 0 saturated carbocycles. The quantitative estimate of drug-likeness (QED) is 0.415. The molecule has 0 aliphatic carbocycles. The molecule has 1 N–H and O–H groups in total. The zero-order valence-electron chi connectivity index (χ0n) is 18.0. The van der Waals surface area contributed by atoms with Crippen molar-refractivity contribution in [2.75, 3.05) is 19.7 Å². The largest absolute Gasteiger partial charge is 0.476 e. The minimum Gasteiger partial charge on any atom is -0.476 e. The van der Waals surface area contributed by atoms with Crippen LogP contribution < -0.4 is 14.2 Å². The molecular formula is C22H26Cl2FN3O3S. The van der Waals surface area contributed by atoms with E-state index in [4.69, 9.17) is 32.7 Å². The number of halogens is 3. The van der Waals surface area contributed by atoms with E-state index >= 15 is 0 Å². The smallest absolute Gasteiger partial charge is 0.265 e. The number of hydrogen-bond acceptors (Lipinski definition) is 6. The lowest BCUT2D eigenvalue weighted by Gasteiger charge is -2.18. The molecule has 1 fully saturated rings. The van der Waals surface area contributed by atoms with Crippen molar-refractivity contribution in [1.29, 1.82) is 0 Å². The second-order valence-corrected chi connectivity index (χ2v) is 9.61. The average molecular weight is 502 g/mol. The second kappa shape index (κ2) is 11.9. The third-order valence-electron chi connectivity index (χ3n) is 4.66. The highest BCUT2D eigenvalue weighted by molar-refractivity contribution is 7.95. The Labute approximate surface area is 202 Å². The van der Waals surface area contributed by atoms with Crippen LogP contribution >= 0.6 is 35.3 Å². The van der Waals surface area contributed by atoms with Crippen molar-refractivity contribution in [3.8, 4) is 17.4 Å². The number of carbonyl (C=O) groups excluding carboxylic acids is 1. The molecule has 1 aromatic heterocycles. The van der Waals surface area contributed by atoms with Gasteiger partial charge in [-0.25, -0.2) is 13.7 Å². The molecule has 1 aliphatic rings. The summed E-state index contributed by atoms with van der Waals surface area (Å²) in [7, 11) is 0. The molecule has 174 valence electrons. The molecule has 2 heterocycles. The molecule has 1 amide bonds. The zero-order valence-corrected chi connectivity index (χ0v) is 20.3. The van der Waals surface area contributed by atoms with Crippen LogP contribution in [0.1, 0.15) is 49.9 Å². The van der Waals surface area contributed by atoms with E-state index in [1.54, 1.807) is 0 Å². The Balaban J connectivity index is 1.64. The van der Waals surface area contributed by atoms with E-state index in [-0.39, 0.29) is 27.1 Å². The van der Waals surface area contributed by atoms with Crippen LogP contribution in [0, 0.1) is 11.7 Å². The lowest BCUT2D eigenvalue weighted by Crippen LogP contribution is -2.26. The molecule has 0 bridgehead atoms. The summed E-state index contributed by atoms with van der Waals surface area (Å²) in [4.78, 5) is 16.6. The van der Waals surface area contributed by atoms with Gasteiger partial charge in [0, 0.05) is 37.4 Å². The van der Waals surface area contributed by atoms with Crippen LogP contribution in [0.5, 0.6) is 17.4 Å². The Morgan fingerprint density at radius 1 is 1.19 bits per heavy atom. The third-order valence-corrected chi connectivity index (χ3v) is 6.13. The number of ether oxygens (including phenoxy) is 2. The maximum atomic E-state index is 14.6. The Kier molecular flexibility index (Phi) is 9.28. The summed E-state index contributed by atoms with van der Waals surface area (Å²) >= 11 is 13.6. The fourth-order valence-corrected chi connectivity index (χ4v) is 4.19. The van der Waals surface area contributed by atoms with E-state index in [2.05, 4.69) is 14.0 Å². The Morgan fingerprint density at radius 3 is 2.56 bits per heavy atom. The van der Waals surface area contributed by atoms with Gasteiger partial charge in [0.2, 0.25) is 5.88 Å². The van der Waals surface area contributed by atoms with Crippen molar-refractivity contribution in [3.63, 3.8) is 0 Å². The van der Waals surface area contributed by atoms with Crippen LogP contribution in [0.2, 0.25) is 10.0 Å². The van der Waals surface area contributed by atoms with Crippen molar-refractivity contribution in [3.05, 3.63) is 45.8 Å². The first-order valence-electron chi connectivity index (χ1n) is 10.5. The Bertz CT molecular complexity index is 941. The highest BCUT2D eigenvalue weighted by Gasteiger charge is 2.19. The maximum absolute atomic E-state index is 14.6. The van der Waals surface area contributed by atoms with Gasteiger partial charge in [-0.05, 0) is 24.8 Å². The van der Waals surface area contributed by atoms with Gasteiger partial charge < -0.3 is 9.47 Å². The fraction of sp³-hybridized carbons (Fsp3) is 0.455. The van der Waals surface area contributed by atoms with E-state index in [0.717, 1.165) is 32.0 Å². The summed E-state index contributed by atoms with van der Waals surface area (Å²) in [6.45, 7) is 6.28. The van der Waals surface area contributed by atoms with E-state index in [9.17, 15) is 9.18 Å². The number of rotatable bonds is 8. The van der Waals surface area contributed by atoms with E-state index in [1.807, 2.05) is 13.8 Å². The van der Waals surface area contributed by atoms with Crippen molar-refractivity contribution in [2.45, 2.75) is 39.5 Å². The predicted molar refractivity (Wildman–Crippen MR) is 126 cm³/mol. The molecule has 0 unspecified atom stereocenters. The van der Waals surface area contributed by atoms with Gasteiger partial charge in [-0.3, -0.25) is 9.52 Å². The number of carbonyl (C=O) groups is 1. The first-order valence-corrected chi connectivity index (χ1v) is 12.0. The van der Waals surface area contributed by atoms with Crippen molar-refractivity contribution in [2.24, 2.45) is 5.92 Å². The monoisotopic (exact) mass is 501 g/mol. The summed E-state index contributed by atoms with van der Waals surface area (Å²) in [5, 5.41) is 0.355. The Hall–Kier alpha value is -1.74. The maximum Gasteiger partial charge on any atom is 0.265 e. The van der Waals surface area contributed by atoms with E-state index in [0.29, 0.717) is 18.4 Å². The molecule has 32 heavy (non-hydrogen) atoms. The number of nitrogens with one attached hydrogen (secondary N) is 1. The van der Waals surface area contributed by atoms with Crippen LogP contribution in [0.4, 0.5) is 4.39 Å². The SMILES string of the molecule is CC(C)COc1ncc(Oc2cc(F)c(C(=O)NSN3CCCCCC3)cc2Cl)cc1Cl. The van der Waals surface area contributed by atoms with Gasteiger partial charge >= 0.3 is 0 Å². The van der Waals surface area contributed by atoms with Gasteiger partial charge in [0.15, 0.2) is 0 Å². The zero-order chi connectivity index (χ0) is 23.1. The van der Waals surface area contributed by atoms with E-state index < -0.39 is 11.7 Å². The highest BCUT2D eigenvalue weighted by atomic mass is 35.5. The number of benzene rings is 1. The summed E-state index contributed by atoms with van der Waals surface area (Å²) in [5.41, 5.74) is -0.154. The van der Waals surface area contributed by atoms with Crippen LogP contribution in [0.25, 0.3) is 0 Å². The van der Waals surface area contributed by atoms with Crippen LogP contribution in [0.15, 0.2) is 24.4 Å². The molecular weight excluding hydrogens is 476 g/mol. The second-order valence-electron chi connectivity index (χ2n) is 7.89. The van der Waals surface area contributed by atoms with Gasteiger partial charge in [0.1, 0.15) is 22.3 Å². The average Bonchev–Trinajstić information content (AvgIpc) is 3.02. The molecule has 0 atom stereocenters. The number of pyridine rings is 1. The predicted octanol–water partition coefficient (Wildman–Crippen LogP) is 6.52. The molecule has 3 rings (SSSR count). The molecule has 10 heteroatoms. The number of aromatic nitrogens is 1. The third kappa shape index (κ3) is 7.13. The van der Waals surface area contributed by atoms with Crippen molar-refractivity contribution >= 4 is 41.2 Å². The molecule has 1 aromatic carbocycles. The number of hydrogen-bond donors (Lipinski definition) is 1. The van der Waals surface area contributed by atoms with Gasteiger partial charge in [-0.2, -0.15) is 0 Å². The molecule has 1 saturated heterocycles. The first kappa shape index (κ1) is 24.9. The van der Waals surface area contributed by atoms with Gasteiger partial charge in [-0.1, -0.05) is 49.9 Å². The van der Waals surface area contributed by atoms with Crippen LogP contribution in [-0.4, -0.2) is 34.9 Å². The van der Waals surface area contributed by atoms with Crippen molar-refractivity contribution in [1.82, 2.24) is 14.0 Å². The minimum atomic E-state index is -0.741. The standard InChI is InChI=1S/C22H26Cl2FN3O3S/c1-14(2)13-30-22-18(24)9-15(12-26-22)31-20-11-19(25)16(10-17(20)23)21(29)27-32-28-7-5-3-4-6-8-28/h9-12,14H,3-8,13H2,1-2H3,(H,27,29). The van der Waals surface area contributed by atoms with Gasteiger partial charge in [0.05, 0.1) is 23.4 Å². The van der Waals surface area contributed by atoms with E-state index in [1.165, 1.54) is 43.3 Å². The molecule has 6 nitrogen and oxygen atoms in total. The van der Waals surface area contributed by atoms with Crippen LogP contribution in [-0.2, 0) is 0 Å². The summed E-state index contributed by atoms with van der Waals surface area (Å²) in [6, 6.07) is 3.83. The normalized spacial score (nSPS) is 14.8. The fourth-order valence-electron chi connectivity index (χ4n) is 3.02. The molecule has 2 aromatic rings. The summed E-state index contributed by atoms with van der Waals surface area (Å²) in [5.74, 6) is -0.365. The lowest BCUT2D eigenvalue weighted by atomic mass is 10.2. The molecule has 0 radical (unpaired) electrons. The number of nitrogens with zero attached hydrogens (tertiary/aromatic N) is 2. The van der Waals surface area contributed by atoms with Crippen LogP contribution in [0.3, 0.4) is 0 Å². The lowest BCUT2D eigenvalue weighted by molar-refractivity contribution is 0.0979.